The van der Waals surface area contributed by atoms with Gasteiger partial charge in [0.25, 0.3) is 0 Å². The molecule has 31 heavy (non-hydrogen) atoms. The van der Waals surface area contributed by atoms with E-state index < -0.39 is 0 Å². The molecule has 9 nitrogen and oxygen atoms in total. The lowest BCUT2D eigenvalue weighted by Crippen LogP contribution is -2.14. The molecule has 0 saturated heterocycles. The van der Waals surface area contributed by atoms with Gasteiger partial charge in [0, 0.05) is 35.1 Å². The molecule has 0 unspecified atom stereocenters. The van der Waals surface area contributed by atoms with Crippen molar-refractivity contribution in [2.24, 2.45) is 0 Å². The van der Waals surface area contributed by atoms with E-state index in [0.717, 1.165) is 58.2 Å². The van der Waals surface area contributed by atoms with Crippen molar-refractivity contribution in [1.29, 1.82) is 0 Å². The molecule has 0 aliphatic heterocycles. The minimum atomic E-state index is -0.0468. The maximum Gasteiger partial charge on any atom is 0.224 e. The van der Waals surface area contributed by atoms with Gasteiger partial charge in [0.05, 0.1) is 11.7 Å². The van der Waals surface area contributed by atoms with Crippen molar-refractivity contribution in [3.05, 3.63) is 53.0 Å². The van der Waals surface area contributed by atoms with Gasteiger partial charge in [-0.3, -0.25) is 4.79 Å². The fourth-order valence-electron chi connectivity index (χ4n) is 3.95. The van der Waals surface area contributed by atoms with E-state index in [9.17, 15) is 4.79 Å². The van der Waals surface area contributed by atoms with E-state index in [-0.39, 0.29) is 5.91 Å². The summed E-state index contributed by atoms with van der Waals surface area (Å²) in [5.41, 5.74) is 6.42. The van der Waals surface area contributed by atoms with Gasteiger partial charge in [-0.25, -0.2) is 14.2 Å². The van der Waals surface area contributed by atoms with Crippen LogP contribution in [0.5, 0.6) is 0 Å². The average Bonchev–Trinajstić information content (AvgIpc) is 3.33. The molecule has 0 spiro atoms. The molecule has 1 N–H and O–H groups in total. The van der Waals surface area contributed by atoms with Crippen molar-refractivity contribution in [2.75, 3.05) is 5.32 Å². The Morgan fingerprint density at radius 3 is 2.84 bits per heavy atom. The Morgan fingerprint density at radius 2 is 2.03 bits per heavy atom. The van der Waals surface area contributed by atoms with E-state index in [4.69, 9.17) is 0 Å². The zero-order valence-corrected chi connectivity index (χ0v) is 17.8. The van der Waals surface area contributed by atoms with Crippen molar-refractivity contribution in [3.8, 4) is 11.4 Å². The maximum atomic E-state index is 12.7. The van der Waals surface area contributed by atoms with E-state index in [1.54, 1.807) is 0 Å². The highest BCUT2D eigenvalue weighted by atomic mass is 16.1. The number of anilines is 1. The number of rotatable bonds is 6. The van der Waals surface area contributed by atoms with Gasteiger partial charge in [0.15, 0.2) is 11.5 Å². The summed E-state index contributed by atoms with van der Waals surface area (Å²) in [5, 5.41) is 19.6. The van der Waals surface area contributed by atoms with Crippen LogP contribution >= 0.6 is 0 Å². The van der Waals surface area contributed by atoms with Crippen LogP contribution < -0.4 is 5.32 Å². The Hall–Kier alpha value is -3.62. The second-order valence-corrected chi connectivity index (χ2v) is 8.12. The summed E-state index contributed by atoms with van der Waals surface area (Å²) >= 11 is 0. The first-order chi connectivity index (χ1) is 15.0. The van der Waals surface area contributed by atoms with Crippen LogP contribution in [0.25, 0.3) is 17.0 Å². The van der Waals surface area contributed by atoms with Crippen molar-refractivity contribution in [3.63, 3.8) is 0 Å². The molecule has 1 saturated carbocycles. The second kappa shape index (κ2) is 7.57. The number of aryl methyl sites for hydroxylation is 3. The van der Waals surface area contributed by atoms with E-state index in [1.807, 2.05) is 60.3 Å². The molecular formula is C22H24N8O. The highest BCUT2D eigenvalue weighted by Gasteiger charge is 2.28. The van der Waals surface area contributed by atoms with Crippen LogP contribution in [0.3, 0.4) is 0 Å². The number of amides is 1. The van der Waals surface area contributed by atoms with Crippen LogP contribution in [0.4, 0.5) is 5.69 Å². The second-order valence-electron chi connectivity index (χ2n) is 8.12. The minimum absolute atomic E-state index is 0.0468. The summed E-state index contributed by atoms with van der Waals surface area (Å²) in [5.74, 6) is 0.688. The zero-order valence-electron chi connectivity index (χ0n) is 17.8. The molecule has 1 fully saturated rings. The third-order valence-electron chi connectivity index (χ3n) is 5.68. The molecule has 0 radical (unpaired) electrons. The Labute approximate surface area is 179 Å². The molecule has 9 heteroatoms. The minimum Gasteiger partial charge on any atom is -0.326 e. The quantitative estimate of drug-likeness (QED) is 0.518. The molecule has 158 valence electrons. The molecule has 1 aliphatic rings. The molecule has 3 aromatic heterocycles. The van der Waals surface area contributed by atoms with Gasteiger partial charge >= 0.3 is 0 Å². The highest BCUT2D eigenvalue weighted by molar-refractivity contribution is 5.91. The van der Waals surface area contributed by atoms with Gasteiger partial charge in [0.2, 0.25) is 5.91 Å². The fourth-order valence-corrected chi connectivity index (χ4v) is 3.95. The monoisotopic (exact) mass is 416 g/mol. The summed E-state index contributed by atoms with van der Waals surface area (Å²) in [6, 6.07) is 10.0. The van der Waals surface area contributed by atoms with Crippen LogP contribution in [-0.4, -0.2) is 40.7 Å². The van der Waals surface area contributed by atoms with Gasteiger partial charge in [-0.1, -0.05) is 12.1 Å². The number of nitrogens with zero attached hydrogens (tertiary/aromatic N) is 7. The van der Waals surface area contributed by atoms with E-state index in [0.29, 0.717) is 18.9 Å². The Bertz CT molecular complexity index is 1280. The molecule has 5 rings (SSSR count). The number of tetrazole rings is 1. The summed E-state index contributed by atoms with van der Waals surface area (Å²) in [4.78, 5) is 17.3. The van der Waals surface area contributed by atoms with E-state index in [1.165, 1.54) is 0 Å². The third kappa shape index (κ3) is 3.78. The number of carbonyl (C=O) groups is 1. The fraction of sp³-hybridized carbons (Fsp3) is 0.364. The van der Waals surface area contributed by atoms with Crippen LogP contribution in [0.1, 0.15) is 47.9 Å². The zero-order chi connectivity index (χ0) is 21.5. The SMILES string of the molecule is Cc1cc2nc(C)c(CCC(=O)Nc3cccc(-c4nnnn4C4CC4)c3)c(C)n2n1. The summed E-state index contributed by atoms with van der Waals surface area (Å²) in [6.45, 7) is 5.96. The van der Waals surface area contributed by atoms with Crippen molar-refractivity contribution in [1.82, 2.24) is 34.8 Å². The lowest BCUT2D eigenvalue weighted by molar-refractivity contribution is -0.116. The molecule has 0 atom stereocenters. The van der Waals surface area contributed by atoms with Gasteiger partial charge in [0.1, 0.15) is 0 Å². The maximum absolute atomic E-state index is 12.7. The number of nitrogens with one attached hydrogen (secondary N) is 1. The smallest absolute Gasteiger partial charge is 0.224 e. The highest BCUT2D eigenvalue weighted by Crippen LogP contribution is 2.36. The predicted molar refractivity (Wildman–Crippen MR) is 116 cm³/mol. The van der Waals surface area contributed by atoms with Crippen LogP contribution in [0.2, 0.25) is 0 Å². The standard InChI is InChI=1S/C22H24N8O/c1-13-11-20-23-14(2)19(15(3)29(20)26-13)9-10-21(31)24-17-6-4-5-16(12-17)22-25-27-28-30(22)18-7-8-18/h4-6,11-12,18H,7-10H2,1-3H3,(H,24,31). The molecule has 0 bridgehead atoms. The van der Waals surface area contributed by atoms with Crippen molar-refractivity contribution < 1.29 is 4.79 Å². The number of carbonyl (C=O) groups excluding carboxylic acids is 1. The van der Waals surface area contributed by atoms with Gasteiger partial charge in [-0.2, -0.15) is 5.10 Å². The van der Waals surface area contributed by atoms with Crippen LogP contribution in [-0.2, 0) is 11.2 Å². The normalized spacial score (nSPS) is 13.6. The molecule has 1 amide bonds. The lowest BCUT2D eigenvalue weighted by Gasteiger charge is -2.11. The first-order valence-electron chi connectivity index (χ1n) is 10.5. The molecule has 3 heterocycles. The average molecular weight is 416 g/mol. The van der Waals surface area contributed by atoms with Crippen molar-refractivity contribution in [2.45, 2.75) is 52.5 Å². The number of aromatic nitrogens is 7. The number of fused-ring (bicyclic) bond motifs is 1. The topological polar surface area (TPSA) is 103 Å². The molecule has 1 aromatic carbocycles. The van der Waals surface area contributed by atoms with Gasteiger partial charge in [-0.05, 0) is 68.2 Å². The Morgan fingerprint density at radius 1 is 1.19 bits per heavy atom. The first-order valence-corrected chi connectivity index (χ1v) is 10.5. The molecule has 4 aromatic rings. The molecular weight excluding hydrogens is 392 g/mol. The summed E-state index contributed by atoms with van der Waals surface area (Å²) in [7, 11) is 0. The Kier molecular flexibility index (Phi) is 4.72. The van der Waals surface area contributed by atoms with Crippen molar-refractivity contribution >= 4 is 17.2 Å². The largest absolute Gasteiger partial charge is 0.326 e. The van der Waals surface area contributed by atoms with E-state index in [2.05, 4.69) is 30.9 Å². The number of benzene rings is 1. The summed E-state index contributed by atoms with van der Waals surface area (Å²) in [6.07, 6.45) is 3.17. The third-order valence-corrected chi connectivity index (χ3v) is 5.68. The predicted octanol–water partition coefficient (Wildman–Crippen LogP) is 3.21. The van der Waals surface area contributed by atoms with E-state index >= 15 is 0 Å². The number of hydrogen-bond donors (Lipinski definition) is 1. The van der Waals surface area contributed by atoms with Crippen LogP contribution in [0.15, 0.2) is 30.3 Å². The Balaban J connectivity index is 1.29. The first kappa shape index (κ1) is 19.3. The molecule has 1 aliphatic carbocycles. The summed E-state index contributed by atoms with van der Waals surface area (Å²) < 4.78 is 3.72. The van der Waals surface area contributed by atoms with Crippen LogP contribution in [0, 0.1) is 20.8 Å². The van der Waals surface area contributed by atoms with Gasteiger partial charge in [-0.15, -0.1) is 5.10 Å². The van der Waals surface area contributed by atoms with Gasteiger partial charge < -0.3 is 5.32 Å². The lowest BCUT2D eigenvalue weighted by atomic mass is 10.1. The number of hydrogen-bond acceptors (Lipinski definition) is 6.